The smallest absolute Gasteiger partial charge is 0.417 e. The first-order valence-corrected chi connectivity index (χ1v) is 11.5. The molecule has 8 heteroatoms. The number of hydrogen-bond acceptors (Lipinski definition) is 7. The second-order valence-electron chi connectivity index (χ2n) is 7.37. The first-order valence-electron chi connectivity index (χ1n) is 10.6. The Morgan fingerprint density at radius 1 is 1.12 bits per heavy atom. The summed E-state index contributed by atoms with van der Waals surface area (Å²) in [6.45, 7) is 2.50. The molecule has 4 rings (SSSR count). The zero-order valence-electron chi connectivity index (χ0n) is 18.4. The van der Waals surface area contributed by atoms with Crippen LogP contribution < -0.4 is 9.47 Å². The Morgan fingerprint density at radius 2 is 1.94 bits per heavy atom. The topological polar surface area (TPSA) is 78.0 Å². The molecule has 0 radical (unpaired) electrons. The van der Waals surface area contributed by atoms with Crippen molar-refractivity contribution in [2.75, 3.05) is 13.7 Å². The lowest BCUT2D eigenvalue weighted by molar-refractivity contribution is -0.129. The van der Waals surface area contributed by atoms with Gasteiger partial charge in [-0.2, -0.15) is 0 Å². The molecule has 0 N–H and O–H groups in total. The summed E-state index contributed by atoms with van der Waals surface area (Å²) in [6.07, 6.45) is 3.07. The molecule has 2 heterocycles. The maximum atomic E-state index is 12.5. The van der Waals surface area contributed by atoms with Crippen LogP contribution in [0.15, 0.2) is 53.9 Å². The number of cyclic esters (lactones) is 1. The third-order valence-electron chi connectivity index (χ3n) is 5.03. The fourth-order valence-corrected chi connectivity index (χ4v) is 4.09. The SMILES string of the molecule is CCCN1C(=O)OC(c2ccc(OCc3csc(C=Cc4ccccc4)n3)c(OC)c2)C1=O. The van der Waals surface area contributed by atoms with Crippen LogP contribution in [0.2, 0.25) is 0 Å². The lowest BCUT2D eigenvalue weighted by atomic mass is 10.1. The quantitative estimate of drug-likeness (QED) is 0.426. The minimum atomic E-state index is -0.968. The molecule has 33 heavy (non-hydrogen) atoms. The molecular weight excluding hydrogens is 440 g/mol. The van der Waals surface area contributed by atoms with Crippen LogP contribution in [0.1, 0.15) is 41.3 Å². The molecule has 1 atom stereocenters. The Kier molecular flexibility index (Phi) is 7.04. The van der Waals surface area contributed by atoms with E-state index in [1.54, 1.807) is 18.2 Å². The van der Waals surface area contributed by atoms with E-state index in [-0.39, 0.29) is 12.5 Å². The lowest BCUT2D eigenvalue weighted by Gasteiger charge is -2.13. The van der Waals surface area contributed by atoms with Crippen LogP contribution in [0, 0.1) is 0 Å². The van der Waals surface area contributed by atoms with Crippen molar-refractivity contribution >= 4 is 35.5 Å². The number of methoxy groups -OCH3 is 1. The van der Waals surface area contributed by atoms with Crippen molar-refractivity contribution in [3.8, 4) is 11.5 Å². The Hall–Kier alpha value is -3.65. The number of benzene rings is 2. The number of amides is 2. The molecule has 0 spiro atoms. The van der Waals surface area contributed by atoms with Crippen molar-refractivity contribution in [2.45, 2.75) is 26.1 Å². The molecule has 170 valence electrons. The van der Waals surface area contributed by atoms with Gasteiger partial charge in [-0.05, 0) is 30.2 Å². The molecule has 2 amide bonds. The molecule has 1 saturated heterocycles. The normalized spacial score (nSPS) is 15.8. The molecule has 7 nitrogen and oxygen atoms in total. The van der Waals surface area contributed by atoms with Crippen LogP contribution in [0.5, 0.6) is 11.5 Å². The van der Waals surface area contributed by atoms with Gasteiger partial charge in [0.25, 0.3) is 5.91 Å². The highest BCUT2D eigenvalue weighted by atomic mass is 32.1. The van der Waals surface area contributed by atoms with Gasteiger partial charge >= 0.3 is 6.09 Å². The van der Waals surface area contributed by atoms with Gasteiger partial charge < -0.3 is 14.2 Å². The highest BCUT2D eigenvalue weighted by Gasteiger charge is 2.41. The summed E-state index contributed by atoms with van der Waals surface area (Å²) in [7, 11) is 1.52. The average molecular weight is 465 g/mol. The molecule has 3 aromatic rings. The number of aromatic nitrogens is 1. The van der Waals surface area contributed by atoms with Crippen LogP contribution >= 0.6 is 11.3 Å². The zero-order valence-corrected chi connectivity index (χ0v) is 19.2. The summed E-state index contributed by atoms with van der Waals surface area (Å²) >= 11 is 1.54. The summed E-state index contributed by atoms with van der Waals surface area (Å²) in [5, 5.41) is 2.84. The number of thiazole rings is 1. The largest absolute Gasteiger partial charge is 0.493 e. The predicted octanol–water partition coefficient (Wildman–Crippen LogP) is 5.33. The van der Waals surface area contributed by atoms with Gasteiger partial charge in [0.05, 0.1) is 12.8 Å². The maximum absolute atomic E-state index is 12.5. The molecule has 1 aromatic heterocycles. The highest BCUT2D eigenvalue weighted by Crippen LogP contribution is 2.35. The molecule has 1 fully saturated rings. The molecule has 2 aromatic carbocycles. The second-order valence-corrected chi connectivity index (χ2v) is 8.26. The van der Waals surface area contributed by atoms with E-state index in [1.165, 1.54) is 18.4 Å². The van der Waals surface area contributed by atoms with E-state index in [2.05, 4.69) is 4.98 Å². The monoisotopic (exact) mass is 464 g/mol. The Morgan fingerprint density at radius 3 is 2.70 bits per heavy atom. The highest BCUT2D eigenvalue weighted by molar-refractivity contribution is 7.10. The average Bonchev–Trinajstić information content (AvgIpc) is 3.41. The minimum absolute atomic E-state index is 0.271. The fourth-order valence-electron chi connectivity index (χ4n) is 3.40. The van der Waals surface area contributed by atoms with Crippen molar-refractivity contribution in [1.82, 2.24) is 9.88 Å². The van der Waals surface area contributed by atoms with E-state index in [4.69, 9.17) is 14.2 Å². The zero-order chi connectivity index (χ0) is 23.2. The van der Waals surface area contributed by atoms with E-state index in [0.717, 1.165) is 21.2 Å². The molecule has 0 bridgehead atoms. The van der Waals surface area contributed by atoms with Crippen molar-refractivity contribution in [2.24, 2.45) is 0 Å². The predicted molar refractivity (Wildman–Crippen MR) is 126 cm³/mol. The van der Waals surface area contributed by atoms with Crippen LogP contribution in [0.3, 0.4) is 0 Å². The number of imide groups is 1. The van der Waals surface area contributed by atoms with Crippen molar-refractivity contribution < 1.29 is 23.8 Å². The van der Waals surface area contributed by atoms with Crippen LogP contribution in [0.4, 0.5) is 4.79 Å². The van der Waals surface area contributed by atoms with Crippen molar-refractivity contribution in [3.05, 3.63) is 75.7 Å². The molecule has 1 aliphatic heterocycles. The Labute approximate surface area is 196 Å². The number of hydrogen-bond donors (Lipinski definition) is 0. The number of carbonyl (C=O) groups is 2. The third-order valence-corrected chi connectivity index (χ3v) is 5.89. The van der Waals surface area contributed by atoms with Crippen LogP contribution in [0.25, 0.3) is 12.2 Å². The second kappa shape index (κ2) is 10.3. The standard InChI is InChI=1S/C25H24N2O5S/c1-3-13-27-24(28)23(32-25(27)29)18-10-11-20(21(14-18)30-2)31-15-19-16-33-22(26-19)12-9-17-7-5-4-6-8-17/h4-12,14,16,23H,3,13,15H2,1-2H3. The van der Waals surface area contributed by atoms with Gasteiger partial charge in [-0.25, -0.2) is 14.7 Å². The fraction of sp³-hybridized carbons (Fsp3) is 0.240. The number of nitrogens with zero attached hydrogens (tertiary/aromatic N) is 2. The maximum Gasteiger partial charge on any atom is 0.417 e. The van der Waals surface area contributed by atoms with Crippen LogP contribution in [-0.4, -0.2) is 35.5 Å². The summed E-state index contributed by atoms with van der Waals surface area (Å²) in [4.78, 5) is 30.2. The summed E-state index contributed by atoms with van der Waals surface area (Å²) in [5.74, 6) is 0.596. The molecule has 1 aliphatic rings. The summed E-state index contributed by atoms with van der Waals surface area (Å²) < 4.78 is 16.6. The van der Waals surface area contributed by atoms with E-state index in [0.29, 0.717) is 30.0 Å². The van der Waals surface area contributed by atoms with Gasteiger partial charge in [0.15, 0.2) is 11.5 Å². The molecule has 0 saturated carbocycles. The molecule has 0 aliphatic carbocycles. The molecular formula is C25H24N2O5S. The van der Waals surface area contributed by atoms with Gasteiger partial charge in [-0.1, -0.05) is 49.4 Å². The van der Waals surface area contributed by atoms with Gasteiger partial charge in [-0.3, -0.25) is 4.79 Å². The van der Waals surface area contributed by atoms with E-state index in [9.17, 15) is 9.59 Å². The summed E-state index contributed by atoms with van der Waals surface area (Å²) in [6, 6.07) is 15.1. The van der Waals surface area contributed by atoms with Crippen molar-refractivity contribution in [1.29, 1.82) is 0 Å². The number of carbonyl (C=O) groups excluding carboxylic acids is 2. The lowest BCUT2D eigenvalue weighted by Crippen LogP contribution is -2.30. The number of ether oxygens (including phenoxy) is 3. The third kappa shape index (κ3) is 5.23. The van der Waals surface area contributed by atoms with Crippen LogP contribution in [-0.2, 0) is 16.1 Å². The van der Waals surface area contributed by atoms with Gasteiger partial charge in [0, 0.05) is 17.5 Å². The van der Waals surface area contributed by atoms with E-state index < -0.39 is 12.2 Å². The number of rotatable bonds is 9. The first-order chi connectivity index (χ1) is 16.1. The van der Waals surface area contributed by atoms with Crippen molar-refractivity contribution in [3.63, 3.8) is 0 Å². The molecule has 1 unspecified atom stereocenters. The van der Waals surface area contributed by atoms with Gasteiger partial charge in [0.1, 0.15) is 11.6 Å². The Balaban J connectivity index is 1.41. The Bertz CT molecular complexity index is 1160. The minimum Gasteiger partial charge on any atom is -0.493 e. The summed E-state index contributed by atoms with van der Waals surface area (Å²) in [5.41, 5.74) is 2.45. The van der Waals surface area contributed by atoms with Gasteiger partial charge in [0.2, 0.25) is 6.10 Å². The first kappa shape index (κ1) is 22.5. The van der Waals surface area contributed by atoms with E-state index >= 15 is 0 Å². The van der Waals surface area contributed by atoms with Gasteiger partial charge in [-0.15, -0.1) is 11.3 Å². The van der Waals surface area contributed by atoms with E-state index in [1.807, 2.05) is 54.8 Å².